The van der Waals surface area contributed by atoms with Crippen molar-refractivity contribution in [2.45, 2.75) is 66.7 Å². The van der Waals surface area contributed by atoms with Gasteiger partial charge in [0, 0.05) is 38.5 Å². The fraction of sp³-hybridized carbons (Fsp3) is 0.208. The van der Waals surface area contributed by atoms with Crippen LogP contribution in [0.3, 0.4) is 0 Å². The zero-order chi connectivity index (χ0) is 40.6. The molecule has 0 radical (unpaired) electrons. The van der Waals surface area contributed by atoms with Crippen LogP contribution in [0.5, 0.6) is 11.5 Å². The monoisotopic (exact) mass is 978 g/mol. The van der Waals surface area contributed by atoms with E-state index >= 15 is 0 Å². The van der Waals surface area contributed by atoms with Gasteiger partial charge in [-0.2, -0.15) is 0 Å². The molecular weight excluding hydrogens is 933 g/mol. The van der Waals surface area contributed by atoms with Gasteiger partial charge in [-0.05, 0) is 86.3 Å². The Morgan fingerprint density at radius 3 is 2.12 bits per heavy atom. The maximum atomic E-state index is 6.56. The van der Waals surface area contributed by atoms with Crippen molar-refractivity contribution in [1.29, 1.82) is 0 Å². The Morgan fingerprint density at radius 1 is 0.717 bits per heavy atom. The van der Waals surface area contributed by atoms with Gasteiger partial charge in [0.05, 0.1) is 16.9 Å². The van der Waals surface area contributed by atoms with E-state index in [1.165, 1.54) is 48.6 Å². The van der Waals surface area contributed by atoms with E-state index < -0.39 is 0 Å². The van der Waals surface area contributed by atoms with Crippen molar-refractivity contribution in [2.75, 3.05) is 0 Å². The zero-order valence-electron chi connectivity index (χ0n) is 35.0. The van der Waals surface area contributed by atoms with E-state index in [0.717, 1.165) is 50.5 Å². The molecule has 9 aromatic rings. The van der Waals surface area contributed by atoms with Crippen molar-refractivity contribution < 1.29 is 25.8 Å². The number of benzene rings is 6. The minimum Gasteiger partial charge on any atom is -0.497 e. The van der Waals surface area contributed by atoms with E-state index in [1.54, 1.807) is 11.3 Å². The van der Waals surface area contributed by atoms with Gasteiger partial charge in [-0.15, -0.1) is 58.9 Å². The first-order valence-electron chi connectivity index (χ1n) is 20.8. The molecule has 1 aliphatic heterocycles. The second-order valence-corrected chi connectivity index (χ2v) is 18.9. The average molecular weight is 979 g/mol. The van der Waals surface area contributed by atoms with Crippen LogP contribution < -0.4 is 21.1 Å². The molecule has 4 nitrogen and oxygen atoms in total. The predicted octanol–water partition coefficient (Wildman–Crippen LogP) is 12.2. The number of hydrogen-bond donors (Lipinski definition) is 0. The summed E-state index contributed by atoms with van der Waals surface area (Å²) < 4.78 is 11.4. The van der Waals surface area contributed by atoms with Gasteiger partial charge in [0.15, 0.2) is 0 Å². The number of rotatable bonds is 8. The molecule has 0 unspecified atom stereocenters. The van der Waals surface area contributed by atoms with Crippen molar-refractivity contribution >= 4 is 65.6 Å². The van der Waals surface area contributed by atoms with E-state index in [1.807, 2.05) is 30.5 Å². The predicted molar refractivity (Wildman–Crippen MR) is 249 cm³/mol. The molecule has 0 fully saturated rings. The number of pyridine rings is 1. The van der Waals surface area contributed by atoms with Crippen LogP contribution in [0.4, 0.5) is 0 Å². The molecule has 4 heterocycles. The number of hydrogen-bond acceptors (Lipinski definition) is 4. The second-order valence-electron chi connectivity index (χ2n) is 17.8. The average Bonchev–Trinajstić information content (AvgIpc) is 3.80. The summed E-state index contributed by atoms with van der Waals surface area (Å²) in [5.74, 6) is 2.83. The van der Waals surface area contributed by atoms with Gasteiger partial charge in [0.25, 0.3) is 0 Å². The topological polar surface area (TPSA) is 39.9 Å². The Kier molecular flexibility index (Phi) is 10.5. The van der Waals surface area contributed by atoms with Gasteiger partial charge in [-0.1, -0.05) is 127 Å². The van der Waals surface area contributed by atoms with Crippen LogP contribution in [0.1, 0.15) is 77.0 Å². The van der Waals surface area contributed by atoms with Gasteiger partial charge in [0.2, 0.25) is 6.71 Å². The molecule has 0 atom stereocenters. The Bertz CT molecular complexity index is 3060. The first-order valence-corrected chi connectivity index (χ1v) is 21.6. The molecular formula is C53H46BN3OPtS. The molecule has 0 bridgehead atoms. The van der Waals surface area contributed by atoms with E-state index in [-0.39, 0.29) is 33.2 Å². The number of aromatic nitrogens is 3. The first kappa shape index (κ1) is 40.1. The molecule has 60 heavy (non-hydrogen) atoms. The van der Waals surface area contributed by atoms with Crippen LogP contribution in [0.25, 0.3) is 59.5 Å². The van der Waals surface area contributed by atoms with E-state index in [0.29, 0.717) is 23.3 Å². The van der Waals surface area contributed by atoms with Crippen LogP contribution in [0.2, 0.25) is 0 Å². The molecule has 0 aliphatic carbocycles. The van der Waals surface area contributed by atoms with Gasteiger partial charge in [-0.3, -0.25) is 4.98 Å². The number of fused-ring (bicyclic) bond motifs is 5. The van der Waals surface area contributed by atoms with Crippen molar-refractivity contribution in [3.63, 3.8) is 0 Å². The first-order chi connectivity index (χ1) is 28.5. The molecule has 3 aromatic heterocycles. The van der Waals surface area contributed by atoms with Crippen molar-refractivity contribution in [3.05, 3.63) is 156 Å². The summed E-state index contributed by atoms with van der Waals surface area (Å²) >= 11 is 1.80. The molecule has 6 aromatic carbocycles. The SMILES string of the molecule is CC(C)c1cccc(C(C)C)c1B1c2ccccc2-n2c(-c3[c-]c(Oc4[c-]c(-c5nccc6c5sc5cc(CC(C)(C)C)ccc56)ccc4)ccc3)nc3cccc1c32.[Pt+2]. The van der Waals surface area contributed by atoms with Crippen molar-refractivity contribution in [1.82, 2.24) is 14.5 Å². The van der Waals surface area contributed by atoms with Crippen molar-refractivity contribution in [3.8, 4) is 39.8 Å². The quantitative estimate of drug-likeness (QED) is 0.113. The summed E-state index contributed by atoms with van der Waals surface area (Å²) in [6.07, 6.45) is 2.94. The molecule has 1 aliphatic rings. The fourth-order valence-electron chi connectivity index (χ4n) is 9.22. The maximum Gasteiger partial charge on any atom is 2.00 e. The summed E-state index contributed by atoms with van der Waals surface area (Å²) in [5.41, 5.74) is 14.3. The number of ether oxygens (including phenoxy) is 1. The molecule has 7 heteroatoms. The summed E-state index contributed by atoms with van der Waals surface area (Å²) in [6, 6.07) is 50.6. The number of nitrogens with zero attached hydrogens (tertiary/aromatic N) is 3. The van der Waals surface area contributed by atoms with E-state index in [9.17, 15) is 0 Å². The molecule has 0 saturated carbocycles. The number of thiophene rings is 1. The standard InChI is InChI=1S/C53H46BN3OS.Pt/c1-32(2)39-18-12-19-40(33(3)4)48(39)54-43-20-8-9-23-46(43)57-50-44(54)21-13-22-45(50)56-52(57)36-15-11-17-38(30-36)58-37-16-10-14-35(29-37)49-51-42(26-27-55-49)41-25-24-34(28-47(41)59-51)31-53(5,6)7;/h8-28,32-33H,31H2,1-7H3;/q-2;+2. The Balaban J connectivity index is 0.00000462. The maximum absolute atomic E-state index is 6.56. The molecule has 0 amide bonds. The Hall–Kier alpha value is -5.29. The van der Waals surface area contributed by atoms with Crippen molar-refractivity contribution in [2.24, 2.45) is 5.41 Å². The number of para-hydroxylation sites is 2. The van der Waals surface area contributed by atoms with Crippen LogP contribution in [-0.2, 0) is 27.5 Å². The van der Waals surface area contributed by atoms with E-state index in [2.05, 4.69) is 162 Å². The normalized spacial score (nSPS) is 12.4. The molecule has 0 N–H and O–H groups in total. The van der Waals surface area contributed by atoms with Gasteiger partial charge < -0.3 is 14.3 Å². The molecule has 298 valence electrons. The Morgan fingerprint density at radius 2 is 1.38 bits per heavy atom. The fourth-order valence-corrected chi connectivity index (χ4v) is 10.5. The third-order valence-electron chi connectivity index (χ3n) is 11.7. The smallest absolute Gasteiger partial charge is 0.497 e. The summed E-state index contributed by atoms with van der Waals surface area (Å²) in [5, 5.41) is 2.48. The largest absolute Gasteiger partial charge is 2.00 e. The van der Waals surface area contributed by atoms with Crippen LogP contribution >= 0.6 is 11.3 Å². The van der Waals surface area contributed by atoms with Crippen LogP contribution in [0, 0.1) is 17.5 Å². The zero-order valence-corrected chi connectivity index (χ0v) is 38.1. The summed E-state index contributed by atoms with van der Waals surface area (Å²) in [7, 11) is 0. The second kappa shape index (κ2) is 15.6. The van der Waals surface area contributed by atoms with Gasteiger partial charge >= 0.3 is 21.1 Å². The van der Waals surface area contributed by atoms with Gasteiger partial charge in [-0.25, -0.2) is 0 Å². The summed E-state index contributed by atoms with van der Waals surface area (Å²) in [6.45, 7) is 16.2. The summed E-state index contributed by atoms with van der Waals surface area (Å²) in [4.78, 5) is 10.2. The van der Waals surface area contributed by atoms with Crippen LogP contribution in [-0.4, -0.2) is 21.2 Å². The van der Waals surface area contributed by atoms with E-state index in [4.69, 9.17) is 14.7 Å². The minimum absolute atomic E-state index is 0. The molecule has 0 spiro atoms. The van der Waals surface area contributed by atoms with Crippen LogP contribution in [0.15, 0.2) is 128 Å². The van der Waals surface area contributed by atoms with Gasteiger partial charge in [0.1, 0.15) is 0 Å². The number of imidazole rings is 1. The molecule has 10 rings (SSSR count). The Labute approximate surface area is 372 Å². The molecule has 0 saturated heterocycles. The third kappa shape index (κ3) is 7.02. The third-order valence-corrected chi connectivity index (χ3v) is 12.8. The minimum atomic E-state index is 0.